The van der Waals surface area contributed by atoms with Gasteiger partial charge in [0.25, 0.3) is 5.91 Å². The maximum absolute atomic E-state index is 12.6. The van der Waals surface area contributed by atoms with Crippen LogP contribution in [0.1, 0.15) is 24.3 Å². The van der Waals surface area contributed by atoms with Gasteiger partial charge in [-0.1, -0.05) is 6.07 Å². The molecule has 1 saturated heterocycles. The Labute approximate surface area is 123 Å². The fourth-order valence-electron chi connectivity index (χ4n) is 2.48. The summed E-state index contributed by atoms with van der Waals surface area (Å²) in [7, 11) is 1.49. The van der Waals surface area contributed by atoms with E-state index in [0.29, 0.717) is 24.7 Å². The van der Waals surface area contributed by atoms with Crippen molar-refractivity contribution in [1.82, 2.24) is 14.8 Å². The van der Waals surface area contributed by atoms with Gasteiger partial charge in [-0.15, -0.1) is 0 Å². The van der Waals surface area contributed by atoms with Crippen LogP contribution in [0.25, 0.3) is 0 Å². The molecule has 2 amide bonds. The van der Waals surface area contributed by atoms with E-state index in [9.17, 15) is 9.59 Å². The maximum atomic E-state index is 12.6. The minimum absolute atomic E-state index is 0.219. The van der Waals surface area contributed by atoms with Crippen LogP contribution in [0, 0.1) is 0 Å². The molecule has 1 fully saturated rings. The normalized spacial score (nSPS) is 17.5. The van der Waals surface area contributed by atoms with Crippen molar-refractivity contribution in [3.63, 3.8) is 0 Å². The summed E-state index contributed by atoms with van der Waals surface area (Å²) in [5, 5.41) is 9.07. The summed E-state index contributed by atoms with van der Waals surface area (Å²) in [4.78, 5) is 30.8. The lowest BCUT2D eigenvalue weighted by molar-refractivity contribution is 0.0195. The molecule has 1 aliphatic heterocycles. The summed E-state index contributed by atoms with van der Waals surface area (Å²) >= 11 is 0. The van der Waals surface area contributed by atoms with Gasteiger partial charge in [-0.2, -0.15) is 0 Å². The third-order valence-electron chi connectivity index (χ3n) is 3.57. The SMILES string of the molecule is COc1cccc(C(=O)N2CCN(C(=O)O)CC2(C)C)n1. The summed E-state index contributed by atoms with van der Waals surface area (Å²) in [5.74, 6) is 0.159. The van der Waals surface area contributed by atoms with Crippen molar-refractivity contribution in [3.05, 3.63) is 23.9 Å². The molecule has 1 aromatic rings. The Morgan fingerprint density at radius 1 is 1.33 bits per heavy atom. The smallest absolute Gasteiger partial charge is 0.407 e. The topological polar surface area (TPSA) is 83.0 Å². The number of carbonyl (C=O) groups excluding carboxylic acids is 1. The standard InChI is InChI=1S/C14H19N3O4/c1-14(2)9-16(13(19)20)7-8-17(14)12(18)10-5-4-6-11(15-10)21-3/h4-6H,7-9H2,1-3H3,(H,19,20). The molecule has 0 radical (unpaired) electrons. The Morgan fingerprint density at radius 2 is 2.05 bits per heavy atom. The fourth-order valence-corrected chi connectivity index (χ4v) is 2.48. The number of nitrogens with zero attached hydrogens (tertiary/aromatic N) is 3. The number of amides is 2. The monoisotopic (exact) mass is 293 g/mol. The molecule has 0 bridgehead atoms. The van der Waals surface area contributed by atoms with Gasteiger partial charge in [0.05, 0.1) is 12.6 Å². The predicted molar refractivity (Wildman–Crippen MR) is 75.5 cm³/mol. The summed E-state index contributed by atoms with van der Waals surface area (Å²) in [5.41, 5.74) is -0.287. The first-order chi connectivity index (χ1) is 9.85. The molecule has 1 N–H and O–H groups in total. The second-order valence-electron chi connectivity index (χ2n) is 5.54. The first-order valence-electron chi connectivity index (χ1n) is 6.66. The Balaban J connectivity index is 2.21. The van der Waals surface area contributed by atoms with Crippen LogP contribution in [0.3, 0.4) is 0 Å². The average Bonchev–Trinajstić information content (AvgIpc) is 2.45. The number of aromatic nitrogens is 1. The van der Waals surface area contributed by atoms with Crippen LogP contribution >= 0.6 is 0 Å². The second kappa shape index (κ2) is 5.59. The number of ether oxygens (including phenoxy) is 1. The van der Waals surface area contributed by atoms with Gasteiger partial charge in [-0.05, 0) is 19.9 Å². The number of rotatable bonds is 2. The van der Waals surface area contributed by atoms with Crippen LogP contribution in [0.15, 0.2) is 18.2 Å². The van der Waals surface area contributed by atoms with E-state index in [2.05, 4.69) is 4.98 Å². The van der Waals surface area contributed by atoms with Crippen LogP contribution in [0.5, 0.6) is 5.88 Å². The van der Waals surface area contributed by atoms with E-state index >= 15 is 0 Å². The van der Waals surface area contributed by atoms with E-state index in [4.69, 9.17) is 9.84 Å². The van der Waals surface area contributed by atoms with Crippen molar-refractivity contribution < 1.29 is 19.4 Å². The molecule has 0 aliphatic carbocycles. The first-order valence-corrected chi connectivity index (χ1v) is 6.66. The number of hydrogen-bond acceptors (Lipinski definition) is 4. The van der Waals surface area contributed by atoms with E-state index in [0.717, 1.165) is 0 Å². The quantitative estimate of drug-likeness (QED) is 0.888. The van der Waals surface area contributed by atoms with Gasteiger partial charge < -0.3 is 19.6 Å². The van der Waals surface area contributed by atoms with Crippen LogP contribution in [-0.2, 0) is 0 Å². The minimum Gasteiger partial charge on any atom is -0.481 e. The molecule has 7 nitrogen and oxygen atoms in total. The largest absolute Gasteiger partial charge is 0.481 e. The molecule has 21 heavy (non-hydrogen) atoms. The molecule has 2 heterocycles. The molecule has 7 heteroatoms. The highest BCUT2D eigenvalue weighted by Gasteiger charge is 2.39. The zero-order valence-corrected chi connectivity index (χ0v) is 12.4. The first kappa shape index (κ1) is 15.1. The van der Waals surface area contributed by atoms with Crippen LogP contribution < -0.4 is 4.74 Å². The number of hydrogen-bond donors (Lipinski definition) is 1. The lowest BCUT2D eigenvalue weighted by atomic mass is 9.98. The van der Waals surface area contributed by atoms with E-state index in [1.54, 1.807) is 23.1 Å². The van der Waals surface area contributed by atoms with Gasteiger partial charge in [0.15, 0.2) is 0 Å². The molecule has 0 aromatic carbocycles. The Bertz CT molecular complexity index is 559. The summed E-state index contributed by atoms with van der Waals surface area (Å²) in [6, 6.07) is 5.01. The van der Waals surface area contributed by atoms with Gasteiger partial charge in [-0.25, -0.2) is 9.78 Å². The Kier molecular flexibility index (Phi) is 4.02. The summed E-state index contributed by atoms with van der Waals surface area (Å²) in [6.07, 6.45) is -0.963. The highest BCUT2D eigenvalue weighted by molar-refractivity contribution is 5.93. The fraction of sp³-hybridized carbons (Fsp3) is 0.500. The van der Waals surface area contributed by atoms with Crippen molar-refractivity contribution in [3.8, 4) is 5.88 Å². The lowest BCUT2D eigenvalue weighted by Crippen LogP contribution is -2.62. The number of pyridine rings is 1. The van der Waals surface area contributed by atoms with E-state index in [-0.39, 0.29) is 12.5 Å². The zero-order valence-electron chi connectivity index (χ0n) is 12.4. The maximum Gasteiger partial charge on any atom is 0.407 e. The molecule has 1 aromatic heterocycles. The van der Waals surface area contributed by atoms with Gasteiger partial charge in [-0.3, -0.25) is 4.79 Å². The Morgan fingerprint density at radius 3 is 2.62 bits per heavy atom. The van der Waals surface area contributed by atoms with Crippen molar-refractivity contribution in [2.45, 2.75) is 19.4 Å². The van der Waals surface area contributed by atoms with Crippen molar-refractivity contribution >= 4 is 12.0 Å². The van der Waals surface area contributed by atoms with E-state index in [1.165, 1.54) is 12.0 Å². The lowest BCUT2D eigenvalue weighted by Gasteiger charge is -2.46. The number of piperazine rings is 1. The van der Waals surface area contributed by atoms with Crippen molar-refractivity contribution in [2.24, 2.45) is 0 Å². The molecular formula is C14H19N3O4. The average molecular weight is 293 g/mol. The highest BCUT2D eigenvalue weighted by atomic mass is 16.5. The molecule has 2 rings (SSSR count). The number of methoxy groups -OCH3 is 1. The van der Waals surface area contributed by atoms with E-state index in [1.807, 2.05) is 13.8 Å². The number of carbonyl (C=O) groups is 2. The molecular weight excluding hydrogens is 274 g/mol. The second-order valence-corrected chi connectivity index (χ2v) is 5.54. The van der Waals surface area contributed by atoms with Crippen LogP contribution in [0.2, 0.25) is 0 Å². The minimum atomic E-state index is -0.963. The molecule has 0 saturated carbocycles. The van der Waals surface area contributed by atoms with E-state index < -0.39 is 11.6 Å². The summed E-state index contributed by atoms with van der Waals surface area (Å²) < 4.78 is 5.03. The van der Waals surface area contributed by atoms with Gasteiger partial charge in [0.1, 0.15) is 5.69 Å². The molecule has 0 spiro atoms. The summed E-state index contributed by atoms with van der Waals surface area (Å²) in [6.45, 7) is 4.61. The molecule has 0 unspecified atom stereocenters. The van der Waals surface area contributed by atoms with Crippen LogP contribution in [-0.4, -0.2) is 64.2 Å². The van der Waals surface area contributed by atoms with Crippen molar-refractivity contribution in [1.29, 1.82) is 0 Å². The molecule has 1 aliphatic rings. The van der Waals surface area contributed by atoms with Gasteiger partial charge in [0, 0.05) is 25.7 Å². The molecule has 0 atom stereocenters. The van der Waals surface area contributed by atoms with Crippen LogP contribution in [0.4, 0.5) is 4.79 Å². The zero-order chi connectivity index (χ0) is 15.6. The highest BCUT2D eigenvalue weighted by Crippen LogP contribution is 2.23. The van der Waals surface area contributed by atoms with Gasteiger partial charge in [0.2, 0.25) is 5.88 Å². The van der Waals surface area contributed by atoms with Gasteiger partial charge >= 0.3 is 6.09 Å². The Hall–Kier alpha value is -2.31. The third kappa shape index (κ3) is 3.07. The number of carboxylic acid groups (broad SMARTS) is 1. The third-order valence-corrected chi connectivity index (χ3v) is 3.57. The molecule has 114 valence electrons. The van der Waals surface area contributed by atoms with Crippen molar-refractivity contribution in [2.75, 3.05) is 26.7 Å². The predicted octanol–water partition coefficient (Wildman–Crippen LogP) is 1.30.